The average Bonchev–Trinajstić information content (AvgIpc) is 3.38. The molecular formula is C66H106O6. The molecule has 0 rings (SSSR count). The van der Waals surface area contributed by atoms with Crippen LogP contribution < -0.4 is 0 Å². The van der Waals surface area contributed by atoms with Gasteiger partial charge in [-0.25, -0.2) is 0 Å². The van der Waals surface area contributed by atoms with Gasteiger partial charge in [0.25, 0.3) is 0 Å². The van der Waals surface area contributed by atoms with E-state index in [0.717, 1.165) is 116 Å². The highest BCUT2D eigenvalue weighted by Crippen LogP contribution is 2.13. The number of ether oxygens (including phenoxy) is 3. The highest BCUT2D eigenvalue weighted by Gasteiger charge is 2.19. The van der Waals surface area contributed by atoms with Crippen LogP contribution in [0.2, 0.25) is 0 Å². The number of carbonyl (C=O) groups is 3. The van der Waals surface area contributed by atoms with Crippen molar-refractivity contribution in [3.05, 3.63) is 134 Å². The molecule has 0 aromatic rings. The van der Waals surface area contributed by atoms with Gasteiger partial charge in [-0.05, 0) is 116 Å². The minimum atomic E-state index is -0.829. The maximum atomic E-state index is 12.9. The number of unbranched alkanes of at least 4 members (excludes halogenated alkanes) is 20. The molecule has 6 heteroatoms. The fourth-order valence-electron chi connectivity index (χ4n) is 7.56. The molecule has 1 unspecified atom stereocenters. The molecule has 0 N–H and O–H groups in total. The van der Waals surface area contributed by atoms with Gasteiger partial charge in [0, 0.05) is 19.3 Å². The van der Waals surface area contributed by atoms with Crippen molar-refractivity contribution < 1.29 is 28.6 Å². The minimum Gasteiger partial charge on any atom is -0.462 e. The molecule has 0 saturated carbocycles. The van der Waals surface area contributed by atoms with Crippen LogP contribution >= 0.6 is 0 Å². The van der Waals surface area contributed by atoms with E-state index < -0.39 is 6.10 Å². The standard InChI is InChI=1S/C66H106O6/c1-4-7-10-13-16-19-22-25-28-31-33-36-38-41-44-47-50-53-56-59-65(68)71-62-63(61-70-64(67)58-55-52-49-46-43-40-37-34-30-27-24-21-18-15-12-9-6-3)72-66(69)60-57-54-51-48-45-42-39-35-32-29-26-23-20-17-14-11-8-5-2/h7,10,16,18-19,21,23,25-30,32-33,35-36,39,41,44,50,53,63H,4-6,8-9,11-15,17,20,22,24,31,34,37-38,40,42-43,45-49,51-52,54-62H2,1-3H3/b10-7-,19-16-,21-18-,26-23-,28-25-,30-27-,32-29-,36-33-,39-35-,44-41-,53-50-. The third kappa shape index (κ3) is 56.5. The molecule has 72 heavy (non-hydrogen) atoms. The first-order valence-corrected chi connectivity index (χ1v) is 29.2. The summed E-state index contributed by atoms with van der Waals surface area (Å²) in [5.74, 6) is -1.04. The van der Waals surface area contributed by atoms with Gasteiger partial charge in [0.15, 0.2) is 6.10 Å². The zero-order valence-electron chi connectivity index (χ0n) is 46.4. The van der Waals surface area contributed by atoms with Crippen molar-refractivity contribution >= 4 is 17.9 Å². The van der Waals surface area contributed by atoms with Crippen molar-refractivity contribution in [2.24, 2.45) is 0 Å². The van der Waals surface area contributed by atoms with E-state index in [4.69, 9.17) is 14.2 Å². The quantitative estimate of drug-likeness (QED) is 0.0199. The molecule has 0 aromatic heterocycles. The van der Waals surface area contributed by atoms with Gasteiger partial charge in [-0.1, -0.05) is 244 Å². The second-order valence-corrected chi connectivity index (χ2v) is 18.9. The number of hydrogen-bond donors (Lipinski definition) is 0. The summed E-state index contributed by atoms with van der Waals surface area (Å²) in [5, 5.41) is 0. The smallest absolute Gasteiger partial charge is 0.306 e. The van der Waals surface area contributed by atoms with Gasteiger partial charge in [-0.3, -0.25) is 14.4 Å². The molecule has 6 nitrogen and oxygen atoms in total. The summed E-state index contributed by atoms with van der Waals surface area (Å²) in [6.45, 7) is 6.39. The van der Waals surface area contributed by atoms with Gasteiger partial charge in [0.1, 0.15) is 13.2 Å². The van der Waals surface area contributed by atoms with E-state index in [0.29, 0.717) is 12.8 Å². The van der Waals surface area contributed by atoms with Crippen LogP contribution in [-0.2, 0) is 28.6 Å². The maximum absolute atomic E-state index is 12.9. The van der Waals surface area contributed by atoms with Gasteiger partial charge in [0.05, 0.1) is 0 Å². The molecule has 0 heterocycles. The molecular weight excluding hydrogens is 889 g/mol. The van der Waals surface area contributed by atoms with E-state index in [1.807, 2.05) is 6.08 Å². The SMILES string of the molecule is CC/C=C\C/C=C\C/C=C\C/C=C\C/C=C\C/C=C\CCC(=O)OCC(COC(=O)CCCCCCCCC/C=C\C/C=C\CCCCC)OC(=O)CCCCCCC\C=C/C=C\C=C/CCCCCCC. The Bertz CT molecular complexity index is 1560. The Labute approximate surface area is 443 Å². The summed E-state index contributed by atoms with van der Waals surface area (Å²) in [5.41, 5.74) is 0. The van der Waals surface area contributed by atoms with Gasteiger partial charge < -0.3 is 14.2 Å². The zero-order chi connectivity index (χ0) is 52.2. The van der Waals surface area contributed by atoms with E-state index in [2.05, 4.69) is 148 Å². The third-order valence-electron chi connectivity index (χ3n) is 11.9. The number of carbonyl (C=O) groups excluding carboxylic acids is 3. The Morgan fingerprint density at radius 1 is 0.306 bits per heavy atom. The Balaban J connectivity index is 4.58. The molecule has 0 saturated heterocycles. The molecule has 0 aliphatic rings. The number of rotatable bonds is 51. The van der Waals surface area contributed by atoms with E-state index in [1.54, 1.807) is 0 Å². The molecule has 0 aliphatic carbocycles. The normalized spacial score (nSPS) is 13.1. The van der Waals surface area contributed by atoms with E-state index in [1.165, 1.54) is 83.5 Å². The molecule has 1 atom stereocenters. The highest BCUT2D eigenvalue weighted by molar-refractivity contribution is 5.71. The molecule has 0 aromatic carbocycles. The Morgan fingerprint density at radius 2 is 0.625 bits per heavy atom. The summed E-state index contributed by atoms with van der Waals surface area (Å²) >= 11 is 0. The predicted molar refractivity (Wildman–Crippen MR) is 311 cm³/mol. The number of allylic oxidation sites excluding steroid dienone is 22. The maximum Gasteiger partial charge on any atom is 0.306 e. The Morgan fingerprint density at radius 3 is 1.07 bits per heavy atom. The van der Waals surface area contributed by atoms with Gasteiger partial charge in [-0.2, -0.15) is 0 Å². The minimum absolute atomic E-state index is 0.118. The average molecular weight is 996 g/mol. The molecule has 0 radical (unpaired) electrons. The Hall–Kier alpha value is -4.45. The van der Waals surface area contributed by atoms with Gasteiger partial charge in [0.2, 0.25) is 0 Å². The van der Waals surface area contributed by atoms with Crippen molar-refractivity contribution in [2.45, 2.75) is 252 Å². The summed E-state index contributed by atoms with van der Waals surface area (Å²) in [7, 11) is 0. The first kappa shape index (κ1) is 67.5. The van der Waals surface area contributed by atoms with Crippen molar-refractivity contribution in [3.63, 3.8) is 0 Å². The fraction of sp³-hybridized carbons (Fsp3) is 0.621. The lowest BCUT2D eigenvalue weighted by Gasteiger charge is -2.18. The van der Waals surface area contributed by atoms with Crippen LogP contribution in [0.25, 0.3) is 0 Å². The molecule has 0 fully saturated rings. The van der Waals surface area contributed by atoms with E-state index >= 15 is 0 Å². The molecule has 406 valence electrons. The molecule has 0 spiro atoms. The Kier molecular flexibility index (Phi) is 55.5. The molecule has 0 bridgehead atoms. The zero-order valence-corrected chi connectivity index (χ0v) is 46.4. The van der Waals surface area contributed by atoms with E-state index in [-0.39, 0.29) is 44.0 Å². The van der Waals surface area contributed by atoms with Crippen LogP contribution in [0, 0.1) is 0 Å². The lowest BCUT2D eigenvalue weighted by molar-refractivity contribution is -0.166. The lowest BCUT2D eigenvalue weighted by atomic mass is 10.1. The monoisotopic (exact) mass is 995 g/mol. The van der Waals surface area contributed by atoms with Crippen LogP contribution in [0.5, 0.6) is 0 Å². The van der Waals surface area contributed by atoms with Crippen LogP contribution in [0.15, 0.2) is 134 Å². The summed E-state index contributed by atoms with van der Waals surface area (Å²) < 4.78 is 16.8. The fourth-order valence-corrected chi connectivity index (χ4v) is 7.56. The van der Waals surface area contributed by atoms with Gasteiger partial charge >= 0.3 is 17.9 Å². The number of hydrogen-bond acceptors (Lipinski definition) is 6. The second-order valence-electron chi connectivity index (χ2n) is 18.9. The van der Waals surface area contributed by atoms with Crippen molar-refractivity contribution in [1.29, 1.82) is 0 Å². The van der Waals surface area contributed by atoms with Crippen LogP contribution in [-0.4, -0.2) is 37.2 Å². The first-order valence-electron chi connectivity index (χ1n) is 29.2. The summed E-state index contributed by atoms with van der Waals surface area (Å²) in [6.07, 6.45) is 83.0. The van der Waals surface area contributed by atoms with Crippen molar-refractivity contribution in [2.75, 3.05) is 13.2 Å². The third-order valence-corrected chi connectivity index (χ3v) is 11.9. The van der Waals surface area contributed by atoms with Crippen molar-refractivity contribution in [3.8, 4) is 0 Å². The largest absolute Gasteiger partial charge is 0.462 e. The van der Waals surface area contributed by atoms with Crippen molar-refractivity contribution in [1.82, 2.24) is 0 Å². The van der Waals surface area contributed by atoms with Crippen LogP contribution in [0.1, 0.15) is 245 Å². The lowest BCUT2D eigenvalue weighted by Crippen LogP contribution is -2.30. The summed E-state index contributed by atoms with van der Waals surface area (Å²) in [6, 6.07) is 0. The second kappa shape index (κ2) is 59.1. The molecule has 0 aliphatic heterocycles. The molecule has 0 amide bonds. The number of esters is 3. The predicted octanol–water partition coefficient (Wildman–Crippen LogP) is 19.8. The first-order chi connectivity index (χ1) is 35.5. The van der Waals surface area contributed by atoms with E-state index in [9.17, 15) is 14.4 Å². The highest BCUT2D eigenvalue weighted by atomic mass is 16.6. The van der Waals surface area contributed by atoms with Gasteiger partial charge in [-0.15, -0.1) is 0 Å². The van der Waals surface area contributed by atoms with Crippen LogP contribution in [0.3, 0.4) is 0 Å². The topological polar surface area (TPSA) is 78.9 Å². The summed E-state index contributed by atoms with van der Waals surface area (Å²) in [4.78, 5) is 38.2. The van der Waals surface area contributed by atoms with Crippen LogP contribution in [0.4, 0.5) is 0 Å².